The monoisotopic (exact) mass is 304 g/mol. The number of hydrogen-bond acceptors (Lipinski definition) is 3. The van der Waals surface area contributed by atoms with Gasteiger partial charge in [0.2, 0.25) is 0 Å². The van der Waals surface area contributed by atoms with Crippen molar-refractivity contribution in [2.24, 2.45) is 5.73 Å². The predicted molar refractivity (Wildman–Crippen MR) is 72.7 cm³/mol. The molecule has 0 saturated heterocycles. The number of hydrogen-bond donors (Lipinski definition) is 1. The molecule has 0 spiro atoms. The summed E-state index contributed by atoms with van der Waals surface area (Å²) >= 11 is 0. The summed E-state index contributed by atoms with van der Waals surface area (Å²) < 4.78 is 43.7. The lowest BCUT2D eigenvalue weighted by Crippen LogP contribution is -2.61. The Hall–Kier alpha value is -1.76. The number of rotatable bonds is 5. The van der Waals surface area contributed by atoms with E-state index in [4.69, 9.17) is 10.5 Å². The molecule has 0 bridgehead atoms. The Kier molecular flexibility index (Phi) is 5.22. The predicted octanol–water partition coefficient (Wildman–Crippen LogP) is 2.32. The van der Waals surface area contributed by atoms with E-state index in [0.717, 1.165) is 4.90 Å². The molecule has 0 radical (unpaired) electrons. The van der Waals surface area contributed by atoms with Gasteiger partial charge in [0.25, 0.3) is 5.91 Å². The van der Waals surface area contributed by atoms with Gasteiger partial charge in [-0.3, -0.25) is 4.79 Å². The van der Waals surface area contributed by atoms with Crippen LogP contribution in [0.3, 0.4) is 0 Å². The molecule has 7 heteroatoms. The van der Waals surface area contributed by atoms with Crippen LogP contribution in [-0.2, 0) is 11.3 Å². The van der Waals surface area contributed by atoms with Gasteiger partial charge in [0.05, 0.1) is 6.61 Å². The van der Waals surface area contributed by atoms with Crippen LogP contribution in [0.15, 0.2) is 24.3 Å². The van der Waals surface area contributed by atoms with Gasteiger partial charge in [-0.25, -0.2) is 0 Å². The van der Waals surface area contributed by atoms with Crippen LogP contribution >= 0.6 is 0 Å². The van der Waals surface area contributed by atoms with Gasteiger partial charge < -0.3 is 15.4 Å². The summed E-state index contributed by atoms with van der Waals surface area (Å²) in [5.41, 5.74) is 2.85. The minimum Gasteiger partial charge on any atom is -0.494 e. The van der Waals surface area contributed by atoms with E-state index in [1.54, 1.807) is 31.2 Å². The van der Waals surface area contributed by atoms with Gasteiger partial charge >= 0.3 is 6.18 Å². The Balaban J connectivity index is 2.92. The zero-order valence-electron chi connectivity index (χ0n) is 12.2. The number of nitrogens with zero attached hydrogens (tertiary/aromatic N) is 1. The molecule has 0 aliphatic rings. The molecule has 1 atom stereocenters. The van der Waals surface area contributed by atoms with Crippen molar-refractivity contribution < 1.29 is 22.7 Å². The molecule has 1 rings (SSSR count). The van der Waals surface area contributed by atoms with Crippen molar-refractivity contribution in [2.45, 2.75) is 32.1 Å². The minimum atomic E-state index is -4.81. The van der Waals surface area contributed by atoms with Gasteiger partial charge in [-0.15, -0.1) is 0 Å². The topological polar surface area (TPSA) is 55.6 Å². The van der Waals surface area contributed by atoms with Crippen molar-refractivity contribution in [3.05, 3.63) is 29.8 Å². The van der Waals surface area contributed by atoms with Crippen molar-refractivity contribution in [3.8, 4) is 5.75 Å². The van der Waals surface area contributed by atoms with Crippen LogP contribution < -0.4 is 10.5 Å². The fourth-order valence-corrected chi connectivity index (χ4v) is 1.78. The van der Waals surface area contributed by atoms with Crippen LogP contribution in [0, 0.1) is 0 Å². The van der Waals surface area contributed by atoms with Crippen LogP contribution in [-0.4, -0.2) is 36.2 Å². The van der Waals surface area contributed by atoms with Crippen LogP contribution in [0.2, 0.25) is 0 Å². The van der Waals surface area contributed by atoms with Gasteiger partial charge in [0.1, 0.15) is 5.75 Å². The molecular weight excluding hydrogens is 285 g/mol. The Bertz CT molecular complexity index is 501. The van der Waals surface area contributed by atoms with Crippen molar-refractivity contribution in [1.29, 1.82) is 0 Å². The van der Waals surface area contributed by atoms with Gasteiger partial charge in [0.15, 0.2) is 5.54 Å². The Morgan fingerprint density at radius 3 is 2.43 bits per heavy atom. The summed E-state index contributed by atoms with van der Waals surface area (Å²) in [5.74, 6) is -0.660. The van der Waals surface area contributed by atoms with E-state index in [-0.39, 0.29) is 6.54 Å². The Morgan fingerprint density at radius 2 is 1.90 bits per heavy atom. The molecule has 0 aromatic heterocycles. The maximum atomic E-state index is 12.8. The van der Waals surface area contributed by atoms with E-state index in [1.807, 2.05) is 0 Å². The molecule has 0 saturated carbocycles. The zero-order chi connectivity index (χ0) is 16.3. The molecule has 0 heterocycles. The van der Waals surface area contributed by atoms with Gasteiger partial charge in [-0.2, -0.15) is 13.2 Å². The number of halogens is 3. The maximum absolute atomic E-state index is 12.8. The fraction of sp³-hybridized carbons (Fsp3) is 0.500. The second-order valence-corrected chi connectivity index (χ2v) is 4.90. The molecular formula is C14H19F3N2O2. The van der Waals surface area contributed by atoms with Crippen LogP contribution in [0.1, 0.15) is 19.4 Å². The fourth-order valence-electron chi connectivity index (χ4n) is 1.78. The van der Waals surface area contributed by atoms with E-state index in [9.17, 15) is 18.0 Å². The molecule has 1 amide bonds. The summed E-state index contributed by atoms with van der Waals surface area (Å²) in [6, 6.07) is 6.86. The average Bonchev–Trinajstić information content (AvgIpc) is 2.39. The van der Waals surface area contributed by atoms with Crippen molar-refractivity contribution in [3.63, 3.8) is 0 Å². The van der Waals surface area contributed by atoms with Crippen molar-refractivity contribution in [1.82, 2.24) is 4.90 Å². The highest BCUT2D eigenvalue weighted by atomic mass is 19.4. The highest BCUT2D eigenvalue weighted by molar-refractivity contribution is 5.86. The normalized spacial score (nSPS) is 14.4. The summed E-state index contributed by atoms with van der Waals surface area (Å²) in [7, 11) is 1.28. The van der Waals surface area contributed by atoms with Gasteiger partial charge in [0, 0.05) is 19.2 Å². The zero-order valence-corrected chi connectivity index (χ0v) is 12.2. The smallest absolute Gasteiger partial charge is 0.415 e. The first-order valence-electron chi connectivity index (χ1n) is 6.43. The Morgan fingerprint density at radius 1 is 1.33 bits per heavy atom. The van der Waals surface area contributed by atoms with E-state index in [1.165, 1.54) is 7.05 Å². The number of benzene rings is 1. The summed E-state index contributed by atoms with van der Waals surface area (Å²) in [6.45, 7) is 2.87. The minimum absolute atomic E-state index is 0.0160. The first kappa shape index (κ1) is 17.3. The third kappa shape index (κ3) is 3.87. The number of likely N-dealkylation sites (N-methyl/N-ethyl adjacent to an activating group) is 1. The highest BCUT2D eigenvalue weighted by Gasteiger charge is 2.54. The third-order valence-corrected chi connectivity index (χ3v) is 3.06. The number of carbonyl (C=O) groups excluding carboxylic acids is 1. The molecule has 1 aromatic rings. The average molecular weight is 304 g/mol. The molecule has 2 N–H and O–H groups in total. The standard InChI is InChI=1S/C14H19F3N2O2/c1-4-21-11-8-6-5-7-10(11)9-19(3)12(20)13(2,18)14(15,16)17/h5-8H,4,9,18H2,1-3H3. The lowest BCUT2D eigenvalue weighted by atomic mass is 10.0. The molecule has 0 aliphatic heterocycles. The summed E-state index contributed by atoms with van der Waals surface area (Å²) in [6.07, 6.45) is -4.81. The largest absolute Gasteiger partial charge is 0.494 e. The van der Waals surface area contributed by atoms with E-state index >= 15 is 0 Å². The van der Waals surface area contributed by atoms with Crippen LogP contribution in [0.5, 0.6) is 5.75 Å². The van der Waals surface area contributed by atoms with E-state index in [0.29, 0.717) is 24.8 Å². The molecule has 1 unspecified atom stereocenters. The summed E-state index contributed by atoms with van der Waals surface area (Å²) in [5, 5.41) is 0. The number of nitrogens with two attached hydrogens (primary N) is 1. The highest BCUT2D eigenvalue weighted by Crippen LogP contribution is 2.30. The lowest BCUT2D eigenvalue weighted by molar-refractivity contribution is -0.193. The van der Waals surface area contributed by atoms with Gasteiger partial charge in [-0.05, 0) is 19.9 Å². The molecule has 21 heavy (non-hydrogen) atoms. The molecule has 4 nitrogen and oxygen atoms in total. The van der Waals surface area contributed by atoms with Crippen LogP contribution in [0.25, 0.3) is 0 Å². The van der Waals surface area contributed by atoms with Crippen LogP contribution in [0.4, 0.5) is 13.2 Å². The molecule has 1 aromatic carbocycles. The number of para-hydroxylation sites is 1. The van der Waals surface area contributed by atoms with Crippen molar-refractivity contribution in [2.75, 3.05) is 13.7 Å². The van der Waals surface area contributed by atoms with E-state index < -0.39 is 17.6 Å². The molecule has 0 fully saturated rings. The second kappa shape index (κ2) is 6.34. The van der Waals surface area contributed by atoms with E-state index in [2.05, 4.69) is 0 Å². The maximum Gasteiger partial charge on any atom is 0.415 e. The lowest BCUT2D eigenvalue weighted by Gasteiger charge is -2.31. The SMILES string of the molecule is CCOc1ccccc1CN(C)C(=O)C(C)(N)C(F)(F)F. The molecule has 0 aliphatic carbocycles. The third-order valence-electron chi connectivity index (χ3n) is 3.06. The number of alkyl halides is 3. The number of ether oxygens (including phenoxy) is 1. The quantitative estimate of drug-likeness (QED) is 0.908. The number of amides is 1. The second-order valence-electron chi connectivity index (χ2n) is 4.90. The first-order chi connectivity index (χ1) is 9.61. The molecule has 118 valence electrons. The van der Waals surface area contributed by atoms with Gasteiger partial charge in [-0.1, -0.05) is 18.2 Å². The number of carbonyl (C=O) groups is 1. The Labute approximate surface area is 121 Å². The summed E-state index contributed by atoms with van der Waals surface area (Å²) in [4.78, 5) is 12.9. The van der Waals surface area contributed by atoms with Crippen molar-refractivity contribution >= 4 is 5.91 Å². The first-order valence-corrected chi connectivity index (χ1v) is 6.43.